The number of aryl methyl sites for hydroxylation is 1. The van der Waals surface area contributed by atoms with Crippen molar-refractivity contribution in [3.63, 3.8) is 0 Å². The molecule has 0 spiro atoms. The summed E-state index contributed by atoms with van der Waals surface area (Å²) in [5.41, 5.74) is 3.65. The molecule has 1 heterocycles. The van der Waals surface area contributed by atoms with Gasteiger partial charge in [0.15, 0.2) is 0 Å². The fourth-order valence-corrected chi connectivity index (χ4v) is 2.99. The van der Waals surface area contributed by atoms with Gasteiger partial charge in [-0.3, -0.25) is 4.79 Å². The summed E-state index contributed by atoms with van der Waals surface area (Å²) in [6, 6.07) is 13.2. The first kappa shape index (κ1) is 16.6. The van der Waals surface area contributed by atoms with Crippen molar-refractivity contribution in [3.8, 4) is 0 Å². The van der Waals surface area contributed by atoms with Crippen molar-refractivity contribution < 1.29 is 9.90 Å². The molecule has 1 unspecified atom stereocenters. The number of carbonyl (C=O) groups is 1. The molecule has 0 aliphatic carbocycles. The second-order valence-electron chi connectivity index (χ2n) is 5.86. The molecule has 3 rings (SSSR count). The highest BCUT2D eigenvalue weighted by Gasteiger charge is 2.13. The monoisotopic (exact) mass is 342 g/mol. The number of nitrogens with one attached hydrogen (secondary N) is 2. The number of aromatic amines is 1. The molecule has 0 radical (unpaired) electrons. The minimum atomic E-state index is -0.711. The van der Waals surface area contributed by atoms with Crippen LogP contribution in [0.15, 0.2) is 48.7 Å². The van der Waals surface area contributed by atoms with E-state index in [1.807, 2.05) is 49.5 Å². The molecule has 0 aliphatic rings. The highest BCUT2D eigenvalue weighted by Crippen LogP contribution is 2.22. The van der Waals surface area contributed by atoms with Crippen LogP contribution in [0.2, 0.25) is 5.02 Å². The number of hydrogen-bond donors (Lipinski definition) is 3. The number of aromatic nitrogens is 1. The number of hydrogen-bond acceptors (Lipinski definition) is 2. The zero-order chi connectivity index (χ0) is 17.1. The topological polar surface area (TPSA) is 65.1 Å². The van der Waals surface area contributed by atoms with Gasteiger partial charge in [0, 0.05) is 28.7 Å². The molecule has 3 aromatic rings. The van der Waals surface area contributed by atoms with Crippen LogP contribution in [0.3, 0.4) is 0 Å². The first-order chi connectivity index (χ1) is 11.5. The molecule has 2 aromatic carbocycles. The van der Waals surface area contributed by atoms with Crippen LogP contribution in [0, 0.1) is 6.92 Å². The molecule has 4 nitrogen and oxygen atoms in total. The predicted octanol–water partition coefficient (Wildman–Crippen LogP) is 3.52. The molecule has 0 bridgehead atoms. The van der Waals surface area contributed by atoms with Crippen molar-refractivity contribution in [3.05, 3.63) is 70.4 Å². The van der Waals surface area contributed by atoms with E-state index in [1.165, 1.54) is 0 Å². The molecule has 0 fully saturated rings. The smallest absolute Gasteiger partial charge is 0.224 e. The van der Waals surface area contributed by atoms with Crippen molar-refractivity contribution in [1.82, 2.24) is 10.3 Å². The zero-order valence-electron chi connectivity index (χ0n) is 13.3. The third-order valence-corrected chi connectivity index (χ3v) is 4.36. The highest BCUT2D eigenvalue weighted by molar-refractivity contribution is 6.31. The SMILES string of the molecule is Cc1ccccc1C(O)CNC(=O)Cc1c[nH]c2cc(Cl)ccc12. The lowest BCUT2D eigenvalue weighted by molar-refractivity contribution is -0.120. The zero-order valence-corrected chi connectivity index (χ0v) is 14.1. The summed E-state index contributed by atoms with van der Waals surface area (Å²) < 4.78 is 0. The van der Waals surface area contributed by atoms with Crippen LogP contribution in [0.25, 0.3) is 10.9 Å². The van der Waals surface area contributed by atoms with E-state index in [9.17, 15) is 9.90 Å². The van der Waals surface area contributed by atoms with Gasteiger partial charge < -0.3 is 15.4 Å². The number of aliphatic hydroxyl groups is 1. The maximum absolute atomic E-state index is 12.2. The Morgan fingerprint density at radius 3 is 2.88 bits per heavy atom. The molecule has 0 saturated carbocycles. The predicted molar refractivity (Wildman–Crippen MR) is 96.2 cm³/mol. The van der Waals surface area contributed by atoms with E-state index in [1.54, 1.807) is 6.07 Å². The largest absolute Gasteiger partial charge is 0.387 e. The number of aliphatic hydroxyl groups excluding tert-OH is 1. The van der Waals surface area contributed by atoms with E-state index in [-0.39, 0.29) is 18.9 Å². The Labute approximate surface area is 145 Å². The van der Waals surface area contributed by atoms with Gasteiger partial charge in [-0.1, -0.05) is 41.9 Å². The van der Waals surface area contributed by atoms with Crippen molar-refractivity contribution in [2.24, 2.45) is 0 Å². The Hall–Kier alpha value is -2.30. The molecule has 124 valence electrons. The van der Waals surface area contributed by atoms with Gasteiger partial charge in [-0.25, -0.2) is 0 Å². The summed E-state index contributed by atoms with van der Waals surface area (Å²) in [5, 5.41) is 14.7. The van der Waals surface area contributed by atoms with Gasteiger partial charge in [0.05, 0.1) is 12.5 Å². The molecule has 5 heteroatoms. The quantitative estimate of drug-likeness (QED) is 0.664. The third kappa shape index (κ3) is 3.61. The molecule has 1 atom stereocenters. The van der Waals surface area contributed by atoms with Crippen molar-refractivity contribution in [1.29, 1.82) is 0 Å². The Kier molecular flexibility index (Phi) is 4.88. The van der Waals surface area contributed by atoms with Crippen LogP contribution in [-0.2, 0) is 11.2 Å². The second-order valence-corrected chi connectivity index (χ2v) is 6.29. The normalized spacial score (nSPS) is 12.3. The van der Waals surface area contributed by atoms with Gasteiger partial charge in [0.1, 0.15) is 0 Å². The highest BCUT2D eigenvalue weighted by atomic mass is 35.5. The second kappa shape index (κ2) is 7.07. The number of halogens is 1. The summed E-state index contributed by atoms with van der Waals surface area (Å²) in [5.74, 6) is -0.126. The first-order valence-corrected chi connectivity index (χ1v) is 8.18. The summed E-state index contributed by atoms with van der Waals surface area (Å²) in [6.07, 6.45) is 1.36. The molecule has 24 heavy (non-hydrogen) atoms. The fourth-order valence-electron chi connectivity index (χ4n) is 2.82. The van der Waals surface area contributed by atoms with Gasteiger partial charge in [-0.05, 0) is 35.7 Å². The van der Waals surface area contributed by atoms with Crippen LogP contribution < -0.4 is 5.32 Å². The average molecular weight is 343 g/mol. The van der Waals surface area contributed by atoms with E-state index in [0.29, 0.717) is 5.02 Å². The lowest BCUT2D eigenvalue weighted by Crippen LogP contribution is -2.29. The van der Waals surface area contributed by atoms with Gasteiger partial charge in [0.25, 0.3) is 0 Å². The molecular formula is C19H19ClN2O2. The van der Waals surface area contributed by atoms with Crippen molar-refractivity contribution >= 4 is 28.4 Å². The Balaban J connectivity index is 1.62. The summed E-state index contributed by atoms with van der Waals surface area (Å²) in [4.78, 5) is 15.3. The summed E-state index contributed by atoms with van der Waals surface area (Å²) in [6.45, 7) is 2.13. The van der Waals surface area contributed by atoms with Crippen LogP contribution >= 0.6 is 11.6 Å². The molecular weight excluding hydrogens is 324 g/mol. The fraction of sp³-hybridized carbons (Fsp3) is 0.211. The summed E-state index contributed by atoms with van der Waals surface area (Å²) in [7, 11) is 0. The van der Waals surface area contributed by atoms with Crippen LogP contribution in [0.5, 0.6) is 0 Å². The van der Waals surface area contributed by atoms with E-state index in [4.69, 9.17) is 11.6 Å². The van der Waals surface area contributed by atoms with E-state index >= 15 is 0 Å². The summed E-state index contributed by atoms with van der Waals surface area (Å²) >= 11 is 5.96. The molecule has 0 saturated heterocycles. The minimum absolute atomic E-state index is 0.126. The molecule has 1 aromatic heterocycles. The maximum Gasteiger partial charge on any atom is 0.224 e. The van der Waals surface area contributed by atoms with E-state index < -0.39 is 6.10 Å². The lowest BCUT2D eigenvalue weighted by Gasteiger charge is -2.14. The standard InChI is InChI=1S/C19H19ClN2O2/c1-12-4-2-3-5-15(12)18(23)11-22-19(24)8-13-10-21-17-9-14(20)6-7-16(13)17/h2-7,9-10,18,21,23H,8,11H2,1H3,(H,22,24). The van der Waals surface area contributed by atoms with Gasteiger partial charge in [-0.15, -0.1) is 0 Å². The first-order valence-electron chi connectivity index (χ1n) is 7.80. The Morgan fingerprint density at radius 2 is 2.08 bits per heavy atom. The number of rotatable bonds is 5. The number of amides is 1. The van der Waals surface area contributed by atoms with Crippen LogP contribution in [0.1, 0.15) is 22.8 Å². The Morgan fingerprint density at radius 1 is 1.29 bits per heavy atom. The number of fused-ring (bicyclic) bond motifs is 1. The molecule has 0 aliphatic heterocycles. The Bertz CT molecular complexity index is 873. The van der Waals surface area contributed by atoms with Gasteiger partial charge in [-0.2, -0.15) is 0 Å². The number of carbonyl (C=O) groups excluding carboxylic acids is 1. The molecule has 3 N–H and O–H groups in total. The van der Waals surface area contributed by atoms with E-state index in [0.717, 1.165) is 27.6 Å². The number of H-pyrrole nitrogens is 1. The van der Waals surface area contributed by atoms with Crippen LogP contribution in [0.4, 0.5) is 0 Å². The van der Waals surface area contributed by atoms with Gasteiger partial charge in [0.2, 0.25) is 5.91 Å². The maximum atomic E-state index is 12.2. The van der Waals surface area contributed by atoms with Gasteiger partial charge >= 0.3 is 0 Å². The third-order valence-electron chi connectivity index (χ3n) is 4.12. The van der Waals surface area contributed by atoms with Crippen molar-refractivity contribution in [2.75, 3.05) is 6.54 Å². The minimum Gasteiger partial charge on any atom is -0.387 e. The number of benzene rings is 2. The molecule has 1 amide bonds. The van der Waals surface area contributed by atoms with E-state index in [2.05, 4.69) is 10.3 Å². The average Bonchev–Trinajstić information content (AvgIpc) is 2.95. The van der Waals surface area contributed by atoms with Crippen molar-refractivity contribution in [2.45, 2.75) is 19.4 Å². The van der Waals surface area contributed by atoms with Crippen LogP contribution in [-0.4, -0.2) is 22.5 Å². The lowest BCUT2D eigenvalue weighted by atomic mass is 10.0.